The molecule has 2 rings (SSSR count). The number of hydrogen-bond acceptors (Lipinski definition) is 3. The molecule has 4 nitrogen and oxygen atoms in total. The summed E-state index contributed by atoms with van der Waals surface area (Å²) >= 11 is 0. The summed E-state index contributed by atoms with van der Waals surface area (Å²) in [7, 11) is 0. The molecule has 4 heteroatoms. The molecule has 0 unspecified atom stereocenters. The van der Waals surface area contributed by atoms with E-state index in [-0.39, 0.29) is 0 Å². The molecule has 64 valence electrons. The van der Waals surface area contributed by atoms with Crippen LogP contribution in [0.25, 0.3) is 0 Å². The number of carbonyl (C=O) groups is 1. The highest BCUT2D eigenvalue weighted by atomic mass is 16.5. The summed E-state index contributed by atoms with van der Waals surface area (Å²) in [5.74, 6) is 0. The highest BCUT2D eigenvalue weighted by Crippen LogP contribution is 2.17. The molecule has 0 radical (unpaired) electrons. The van der Waals surface area contributed by atoms with Gasteiger partial charge in [-0.2, -0.15) is 5.10 Å². The fraction of sp³-hybridized carbons (Fsp3) is 0.500. The summed E-state index contributed by atoms with van der Waals surface area (Å²) in [6, 6.07) is 0.318. The number of aromatic nitrogens is 2. The second-order valence-corrected chi connectivity index (χ2v) is 2.89. The number of ether oxygens (including phenoxy) is 1. The van der Waals surface area contributed by atoms with E-state index in [0.717, 1.165) is 19.3 Å². The minimum absolute atomic E-state index is 0.318. The Morgan fingerprint density at radius 1 is 1.75 bits per heavy atom. The van der Waals surface area contributed by atoms with E-state index in [2.05, 4.69) is 5.10 Å². The molecule has 0 bridgehead atoms. The van der Waals surface area contributed by atoms with Gasteiger partial charge in [0.05, 0.1) is 24.4 Å². The summed E-state index contributed by atoms with van der Waals surface area (Å²) in [5, 5.41) is 4.07. The number of aldehydes is 1. The number of hydrogen-bond donors (Lipinski definition) is 0. The van der Waals surface area contributed by atoms with Crippen molar-refractivity contribution in [3.8, 4) is 0 Å². The predicted molar refractivity (Wildman–Crippen MR) is 42.1 cm³/mol. The monoisotopic (exact) mass is 166 g/mol. The van der Waals surface area contributed by atoms with Crippen molar-refractivity contribution in [1.29, 1.82) is 0 Å². The van der Waals surface area contributed by atoms with E-state index in [1.54, 1.807) is 17.1 Å². The zero-order valence-corrected chi connectivity index (χ0v) is 6.64. The SMILES string of the molecule is O=Cc1cnn([C@H]2CCOC2)c1. The summed E-state index contributed by atoms with van der Waals surface area (Å²) in [5.41, 5.74) is 0.627. The molecule has 0 aliphatic carbocycles. The van der Waals surface area contributed by atoms with Crippen molar-refractivity contribution in [2.24, 2.45) is 0 Å². The maximum Gasteiger partial charge on any atom is 0.153 e. The Labute approximate surface area is 70.1 Å². The molecule has 0 spiro atoms. The third-order valence-corrected chi connectivity index (χ3v) is 2.04. The van der Waals surface area contributed by atoms with Crippen LogP contribution >= 0.6 is 0 Å². The van der Waals surface area contributed by atoms with Gasteiger partial charge in [0, 0.05) is 12.8 Å². The molecule has 1 fully saturated rings. The van der Waals surface area contributed by atoms with Gasteiger partial charge in [0.1, 0.15) is 0 Å². The fourth-order valence-corrected chi connectivity index (χ4v) is 1.34. The fourth-order valence-electron chi connectivity index (χ4n) is 1.34. The van der Waals surface area contributed by atoms with Crippen molar-refractivity contribution in [1.82, 2.24) is 9.78 Å². The highest BCUT2D eigenvalue weighted by Gasteiger charge is 2.17. The lowest BCUT2D eigenvalue weighted by Gasteiger charge is -2.06. The Hall–Kier alpha value is -1.16. The number of carbonyl (C=O) groups excluding carboxylic acids is 1. The van der Waals surface area contributed by atoms with Gasteiger partial charge >= 0.3 is 0 Å². The van der Waals surface area contributed by atoms with Crippen molar-refractivity contribution in [3.63, 3.8) is 0 Å². The second kappa shape index (κ2) is 3.06. The minimum atomic E-state index is 0.318. The van der Waals surface area contributed by atoms with Crippen LogP contribution in [0.2, 0.25) is 0 Å². The van der Waals surface area contributed by atoms with E-state index in [9.17, 15) is 4.79 Å². The molecule has 0 N–H and O–H groups in total. The average molecular weight is 166 g/mol. The van der Waals surface area contributed by atoms with Gasteiger partial charge in [0.25, 0.3) is 0 Å². The van der Waals surface area contributed by atoms with Crippen molar-refractivity contribution in [2.45, 2.75) is 12.5 Å². The lowest BCUT2D eigenvalue weighted by atomic mass is 10.3. The molecule has 1 saturated heterocycles. The molecular weight excluding hydrogens is 156 g/mol. The average Bonchev–Trinajstić information content (AvgIpc) is 2.75. The lowest BCUT2D eigenvalue weighted by Crippen LogP contribution is -2.08. The zero-order valence-electron chi connectivity index (χ0n) is 6.64. The normalized spacial score (nSPS) is 22.8. The van der Waals surface area contributed by atoms with Gasteiger partial charge in [-0.15, -0.1) is 0 Å². The van der Waals surface area contributed by atoms with Gasteiger partial charge < -0.3 is 4.74 Å². The summed E-state index contributed by atoms with van der Waals surface area (Å²) in [6.07, 6.45) is 5.12. The highest BCUT2D eigenvalue weighted by molar-refractivity contribution is 5.73. The molecule has 1 atom stereocenters. The topological polar surface area (TPSA) is 44.1 Å². The second-order valence-electron chi connectivity index (χ2n) is 2.89. The maximum absolute atomic E-state index is 10.4. The largest absolute Gasteiger partial charge is 0.379 e. The van der Waals surface area contributed by atoms with Crippen LogP contribution in [0.4, 0.5) is 0 Å². The number of rotatable bonds is 2. The molecule has 0 saturated carbocycles. The molecule has 0 amide bonds. The predicted octanol–water partition coefficient (Wildman–Crippen LogP) is 0.657. The number of nitrogens with zero attached hydrogens (tertiary/aromatic N) is 2. The Morgan fingerprint density at radius 3 is 3.25 bits per heavy atom. The Morgan fingerprint density at radius 2 is 2.67 bits per heavy atom. The first-order chi connectivity index (χ1) is 5.90. The molecule has 1 aliphatic rings. The van der Waals surface area contributed by atoms with E-state index in [0.29, 0.717) is 18.2 Å². The van der Waals surface area contributed by atoms with Crippen LogP contribution in [0.15, 0.2) is 12.4 Å². The van der Waals surface area contributed by atoms with Crippen LogP contribution in [0, 0.1) is 0 Å². The maximum atomic E-state index is 10.4. The van der Waals surface area contributed by atoms with Gasteiger partial charge in [-0.25, -0.2) is 0 Å². The first-order valence-electron chi connectivity index (χ1n) is 3.97. The first kappa shape index (κ1) is 7.49. The van der Waals surface area contributed by atoms with Gasteiger partial charge in [-0.3, -0.25) is 9.48 Å². The summed E-state index contributed by atoms with van der Waals surface area (Å²) in [6.45, 7) is 1.50. The van der Waals surface area contributed by atoms with Crippen molar-refractivity contribution >= 4 is 6.29 Å². The Bertz CT molecular complexity index is 276. The van der Waals surface area contributed by atoms with Crippen LogP contribution in [0.1, 0.15) is 22.8 Å². The van der Waals surface area contributed by atoms with Crippen LogP contribution in [0.3, 0.4) is 0 Å². The molecule has 2 heterocycles. The van der Waals surface area contributed by atoms with Crippen LogP contribution in [0.5, 0.6) is 0 Å². The molecule has 1 aromatic rings. The van der Waals surface area contributed by atoms with Crippen molar-refractivity contribution in [2.75, 3.05) is 13.2 Å². The Kier molecular flexibility index (Phi) is 1.91. The van der Waals surface area contributed by atoms with Gasteiger partial charge in [-0.1, -0.05) is 0 Å². The van der Waals surface area contributed by atoms with Crippen molar-refractivity contribution in [3.05, 3.63) is 18.0 Å². The molecule has 1 aromatic heterocycles. The van der Waals surface area contributed by atoms with Crippen LogP contribution in [-0.2, 0) is 4.74 Å². The summed E-state index contributed by atoms with van der Waals surface area (Å²) < 4.78 is 7.01. The van der Waals surface area contributed by atoms with Gasteiger partial charge in [-0.05, 0) is 6.42 Å². The van der Waals surface area contributed by atoms with Gasteiger partial charge in [0.2, 0.25) is 0 Å². The molecule has 12 heavy (non-hydrogen) atoms. The molecule has 1 aliphatic heterocycles. The standard InChI is InChI=1S/C8H10N2O2/c11-5-7-3-9-10(4-7)8-1-2-12-6-8/h3-5,8H,1-2,6H2/t8-/m0/s1. The zero-order chi connectivity index (χ0) is 8.39. The summed E-state index contributed by atoms with van der Waals surface area (Å²) in [4.78, 5) is 10.4. The molecular formula is C8H10N2O2. The Balaban J connectivity index is 2.16. The third-order valence-electron chi connectivity index (χ3n) is 2.04. The van der Waals surface area contributed by atoms with Crippen LogP contribution in [-0.4, -0.2) is 29.3 Å². The minimum Gasteiger partial charge on any atom is -0.379 e. The van der Waals surface area contributed by atoms with E-state index >= 15 is 0 Å². The van der Waals surface area contributed by atoms with Gasteiger partial charge in [0.15, 0.2) is 6.29 Å². The first-order valence-corrected chi connectivity index (χ1v) is 3.97. The van der Waals surface area contributed by atoms with E-state index in [1.807, 2.05) is 0 Å². The third kappa shape index (κ3) is 1.25. The van der Waals surface area contributed by atoms with Crippen LogP contribution < -0.4 is 0 Å². The molecule has 0 aromatic carbocycles. The van der Waals surface area contributed by atoms with E-state index < -0.39 is 0 Å². The lowest BCUT2D eigenvalue weighted by molar-refractivity contribution is 0.112. The van der Waals surface area contributed by atoms with E-state index in [4.69, 9.17) is 4.74 Å². The van der Waals surface area contributed by atoms with E-state index in [1.165, 1.54) is 0 Å². The quantitative estimate of drug-likeness (QED) is 0.606. The van der Waals surface area contributed by atoms with Crippen molar-refractivity contribution < 1.29 is 9.53 Å². The smallest absolute Gasteiger partial charge is 0.153 e.